The molecule has 3 atom stereocenters. The Morgan fingerprint density at radius 3 is 2.50 bits per heavy atom. The van der Waals surface area contributed by atoms with Gasteiger partial charge in [0.15, 0.2) is 0 Å². The summed E-state index contributed by atoms with van der Waals surface area (Å²) in [4.78, 5) is 24.1. The predicted molar refractivity (Wildman–Crippen MR) is 86.7 cm³/mol. The fourth-order valence-electron chi connectivity index (χ4n) is 3.04. The molecule has 5 nitrogen and oxygen atoms in total. The van der Waals surface area contributed by atoms with Crippen LogP contribution in [0, 0.1) is 17.7 Å². The Bertz CT molecular complexity index is 584. The lowest BCUT2D eigenvalue weighted by molar-refractivity contribution is -0.127. The number of carbonyl (C=O) groups is 2. The van der Waals surface area contributed by atoms with Gasteiger partial charge in [0, 0.05) is 19.7 Å². The fourth-order valence-corrected chi connectivity index (χ4v) is 3.04. The van der Waals surface area contributed by atoms with E-state index < -0.39 is 0 Å². The van der Waals surface area contributed by atoms with Gasteiger partial charge in [0.2, 0.25) is 11.8 Å². The maximum Gasteiger partial charge on any atom is 0.224 e. The number of carbonyl (C=O) groups excluding carboxylic acids is 2. The molecule has 1 aromatic carbocycles. The lowest BCUT2D eigenvalue weighted by Gasteiger charge is -2.10. The van der Waals surface area contributed by atoms with Gasteiger partial charge in [-0.15, -0.1) is 0 Å². The third-order valence-corrected chi connectivity index (χ3v) is 4.62. The van der Waals surface area contributed by atoms with E-state index in [1.807, 2.05) is 0 Å². The predicted octanol–water partition coefficient (Wildman–Crippen LogP) is 1.42. The van der Waals surface area contributed by atoms with Crippen molar-refractivity contribution in [3.05, 3.63) is 35.6 Å². The molecule has 0 radical (unpaired) electrons. The minimum absolute atomic E-state index is 0.0517. The van der Waals surface area contributed by atoms with Gasteiger partial charge in [-0.25, -0.2) is 4.39 Å². The summed E-state index contributed by atoms with van der Waals surface area (Å²) in [7, 11) is 0. The highest BCUT2D eigenvalue weighted by Gasteiger charge is 2.47. The monoisotopic (exact) mass is 334 g/mol. The van der Waals surface area contributed by atoms with Crippen molar-refractivity contribution in [1.82, 2.24) is 10.6 Å². The van der Waals surface area contributed by atoms with Crippen molar-refractivity contribution >= 4 is 11.8 Å². The molecule has 0 bridgehead atoms. The van der Waals surface area contributed by atoms with Crippen molar-refractivity contribution < 1.29 is 18.7 Å². The molecule has 3 rings (SSSR count). The highest BCUT2D eigenvalue weighted by Crippen LogP contribution is 2.38. The van der Waals surface area contributed by atoms with Gasteiger partial charge in [-0.05, 0) is 43.4 Å². The van der Waals surface area contributed by atoms with Gasteiger partial charge < -0.3 is 15.4 Å². The molecule has 1 aromatic rings. The van der Waals surface area contributed by atoms with E-state index in [-0.39, 0.29) is 35.6 Å². The van der Waals surface area contributed by atoms with E-state index in [0.29, 0.717) is 25.9 Å². The molecule has 2 aliphatic rings. The van der Waals surface area contributed by atoms with Crippen LogP contribution in [0.2, 0.25) is 0 Å². The Morgan fingerprint density at radius 1 is 1.12 bits per heavy atom. The second-order valence-corrected chi connectivity index (χ2v) is 6.50. The molecule has 0 aromatic heterocycles. The zero-order valence-corrected chi connectivity index (χ0v) is 13.6. The van der Waals surface area contributed by atoms with Crippen LogP contribution in [0.3, 0.4) is 0 Å². The van der Waals surface area contributed by atoms with Crippen LogP contribution in [0.15, 0.2) is 24.3 Å². The van der Waals surface area contributed by atoms with Crippen molar-refractivity contribution in [3.63, 3.8) is 0 Å². The number of halogens is 1. The lowest BCUT2D eigenvalue weighted by atomic mass is 10.1. The molecule has 2 N–H and O–H groups in total. The summed E-state index contributed by atoms with van der Waals surface area (Å²) in [5.41, 5.74) is 0.971. The van der Waals surface area contributed by atoms with E-state index in [2.05, 4.69) is 10.6 Å². The molecule has 3 unspecified atom stereocenters. The first-order chi connectivity index (χ1) is 11.6. The van der Waals surface area contributed by atoms with Gasteiger partial charge in [-0.1, -0.05) is 12.1 Å². The van der Waals surface area contributed by atoms with Crippen molar-refractivity contribution in [3.8, 4) is 0 Å². The summed E-state index contributed by atoms with van der Waals surface area (Å²) in [5, 5.41) is 5.73. The van der Waals surface area contributed by atoms with E-state index in [9.17, 15) is 14.0 Å². The molecule has 6 heteroatoms. The van der Waals surface area contributed by atoms with Crippen molar-refractivity contribution in [2.75, 3.05) is 19.7 Å². The van der Waals surface area contributed by atoms with E-state index in [1.165, 1.54) is 12.1 Å². The lowest BCUT2D eigenvalue weighted by Crippen LogP contribution is -2.35. The van der Waals surface area contributed by atoms with Crippen LogP contribution in [-0.2, 0) is 20.7 Å². The highest BCUT2D eigenvalue weighted by molar-refractivity contribution is 5.92. The molecule has 1 aliphatic heterocycles. The average molecular weight is 334 g/mol. The number of nitrogens with one attached hydrogen (secondary N) is 2. The van der Waals surface area contributed by atoms with Crippen LogP contribution in [-0.4, -0.2) is 37.6 Å². The fraction of sp³-hybridized carbons (Fsp3) is 0.556. The third kappa shape index (κ3) is 4.54. The van der Waals surface area contributed by atoms with Gasteiger partial charge in [0.25, 0.3) is 0 Å². The number of hydrogen-bond donors (Lipinski definition) is 2. The number of rotatable bonds is 7. The molecule has 2 amide bonds. The summed E-state index contributed by atoms with van der Waals surface area (Å²) < 4.78 is 18.3. The molecule has 1 aliphatic carbocycles. The van der Waals surface area contributed by atoms with Crippen LogP contribution in [0.1, 0.15) is 24.8 Å². The van der Waals surface area contributed by atoms with E-state index in [0.717, 1.165) is 25.0 Å². The van der Waals surface area contributed by atoms with Gasteiger partial charge in [-0.3, -0.25) is 9.59 Å². The standard InChI is InChI=1S/C18H23FN2O3/c19-13-5-3-12(4-6-13)7-8-20-17(22)15-10-16(15)18(23)21-11-14-2-1-9-24-14/h3-6,14-16H,1-2,7-11H2,(H,20,22)(H,21,23). The quantitative estimate of drug-likeness (QED) is 0.792. The van der Waals surface area contributed by atoms with Gasteiger partial charge in [-0.2, -0.15) is 0 Å². The topological polar surface area (TPSA) is 67.4 Å². The summed E-state index contributed by atoms with van der Waals surface area (Å²) >= 11 is 0. The molecule has 0 spiro atoms. The van der Waals surface area contributed by atoms with Crippen molar-refractivity contribution in [2.24, 2.45) is 11.8 Å². The number of benzene rings is 1. The zero-order chi connectivity index (χ0) is 16.9. The second-order valence-electron chi connectivity index (χ2n) is 6.50. The Hall–Kier alpha value is -1.95. The molecular weight excluding hydrogens is 311 g/mol. The van der Waals surface area contributed by atoms with E-state index in [4.69, 9.17) is 4.74 Å². The van der Waals surface area contributed by atoms with Gasteiger partial charge >= 0.3 is 0 Å². The van der Waals surface area contributed by atoms with Crippen molar-refractivity contribution in [2.45, 2.75) is 31.8 Å². The van der Waals surface area contributed by atoms with E-state index in [1.54, 1.807) is 12.1 Å². The maximum absolute atomic E-state index is 12.8. The largest absolute Gasteiger partial charge is 0.376 e. The summed E-state index contributed by atoms with van der Waals surface area (Å²) in [5.74, 6) is -0.823. The minimum Gasteiger partial charge on any atom is -0.376 e. The number of ether oxygens (including phenoxy) is 1. The van der Waals surface area contributed by atoms with Crippen LogP contribution in [0.4, 0.5) is 4.39 Å². The maximum atomic E-state index is 12.8. The normalized spacial score (nSPS) is 25.3. The van der Waals surface area contributed by atoms with Crippen LogP contribution in [0.5, 0.6) is 0 Å². The zero-order valence-electron chi connectivity index (χ0n) is 13.6. The Kier molecular flexibility index (Phi) is 5.45. The first-order valence-corrected chi connectivity index (χ1v) is 8.55. The van der Waals surface area contributed by atoms with Crippen LogP contribution < -0.4 is 10.6 Å². The molecule has 130 valence electrons. The highest BCUT2D eigenvalue weighted by atomic mass is 19.1. The van der Waals surface area contributed by atoms with E-state index >= 15 is 0 Å². The molecule has 1 heterocycles. The van der Waals surface area contributed by atoms with Crippen molar-refractivity contribution in [1.29, 1.82) is 0 Å². The number of hydrogen-bond acceptors (Lipinski definition) is 3. The Balaban J connectivity index is 1.33. The van der Waals surface area contributed by atoms with Gasteiger partial charge in [0.1, 0.15) is 5.82 Å². The molecule has 1 saturated heterocycles. The van der Waals surface area contributed by atoms with Crippen LogP contribution in [0.25, 0.3) is 0 Å². The average Bonchev–Trinajstić information content (AvgIpc) is 3.22. The molecular formula is C18H23FN2O3. The first kappa shape index (κ1) is 16.9. The smallest absolute Gasteiger partial charge is 0.224 e. The molecule has 2 fully saturated rings. The summed E-state index contributed by atoms with van der Waals surface area (Å²) in [6, 6.07) is 6.23. The molecule has 24 heavy (non-hydrogen) atoms. The van der Waals surface area contributed by atoms with Crippen LogP contribution >= 0.6 is 0 Å². The number of amides is 2. The Labute approximate surface area is 141 Å². The SMILES string of the molecule is O=C(NCCc1ccc(F)cc1)C1CC1C(=O)NCC1CCCO1. The second kappa shape index (κ2) is 7.75. The van der Waals surface area contributed by atoms with Gasteiger partial charge in [0.05, 0.1) is 17.9 Å². The first-order valence-electron chi connectivity index (χ1n) is 8.55. The summed E-state index contributed by atoms with van der Waals surface area (Å²) in [6.07, 6.45) is 3.41. The minimum atomic E-state index is -0.266. The third-order valence-electron chi connectivity index (χ3n) is 4.62. The summed E-state index contributed by atoms with van der Waals surface area (Å²) in [6.45, 7) is 1.79. The Morgan fingerprint density at radius 2 is 1.83 bits per heavy atom. The molecule has 1 saturated carbocycles.